The Bertz CT molecular complexity index is 1010. The number of aromatic nitrogens is 3. The lowest BCUT2D eigenvalue weighted by atomic mass is 10.1. The van der Waals surface area contributed by atoms with E-state index >= 15 is 0 Å². The van der Waals surface area contributed by atoms with Crippen molar-refractivity contribution in [2.75, 3.05) is 31.1 Å². The van der Waals surface area contributed by atoms with E-state index in [-0.39, 0.29) is 5.91 Å². The lowest BCUT2D eigenvalue weighted by Gasteiger charge is -2.36. The number of nitrogens with zero attached hydrogens (tertiary/aromatic N) is 5. The van der Waals surface area contributed by atoms with E-state index in [1.54, 1.807) is 12.4 Å². The molecule has 0 spiro atoms. The first-order chi connectivity index (χ1) is 14.0. The number of aryl methyl sites for hydroxylation is 1. The van der Waals surface area contributed by atoms with Gasteiger partial charge in [-0.3, -0.25) is 14.5 Å². The van der Waals surface area contributed by atoms with E-state index in [1.165, 1.54) is 0 Å². The van der Waals surface area contributed by atoms with Gasteiger partial charge in [-0.25, -0.2) is 0 Å². The molecule has 1 amide bonds. The van der Waals surface area contributed by atoms with E-state index in [9.17, 15) is 4.79 Å². The summed E-state index contributed by atoms with van der Waals surface area (Å²) < 4.78 is 1.87. The number of halogens is 1. The fourth-order valence-corrected chi connectivity index (χ4v) is 4.02. The molecule has 0 saturated carbocycles. The van der Waals surface area contributed by atoms with Gasteiger partial charge in [-0.1, -0.05) is 29.8 Å². The Balaban J connectivity index is 1.48. The molecule has 1 aromatic carbocycles. The van der Waals surface area contributed by atoms with Crippen molar-refractivity contribution in [2.24, 2.45) is 0 Å². The van der Waals surface area contributed by atoms with Crippen LogP contribution in [-0.2, 0) is 6.54 Å². The minimum Gasteiger partial charge on any atom is -0.368 e. The molecule has 3 heterocycles. The zero-order valence-electron chi connectivity index (χ0n) is 16.7. The van der Waals surface area contributed by atoms with Crippen molar-refractivity contribution in [1.82, 2.24) is 19.7 Å². The van der Waals surface area contributed by atoms with E-state index < -0.39 is 0 Å². The number of hydrogen-bond donors (Lipinski definition) is 0. The van der Waals surface area contributed by atoms with Gasteiger partial charge in [0.1, 0.15) is 0 Å². The predicted molar refractivity (Wildman–Crippen MR) is 115 cm³/mol. The van der Waals surface area contributed by atoms with Crippen LogP contribution in [-0.4, -0.2) is 51.8 Å². The van der Waals surface area contributed by atoms with Gasteiger partial charge in [0, 0.05) is 55.0 Å². The number of pyridine rings is 1. The number of carbonyl (C=O) groups is 1. The SMILES string of the molecule is Cc1nn(Cc2ccccc2Cl)c(C)c1C(=O)N1CCN(c2ccncc2)CC1. The maximum atomic E-state index is 13.2. The topological polar surface area (TPSA) is 54.3 Å². The van der Waals surface area contributed by atoms with Crippen LogP contribution < -0.4 is 4.90 Å². The predicted octanol–water partition coefficient (Wildman–Crippen LogP) is 3.56. The highest BCUT2D eigenvalue weighted by Gasteiger charge is 2.27. The Hall–Kier alpha value is -2.86. The molecular weight excluding hydrogens is 386 g/mol. The van der Waals surface area contributed by atoms with Crippen molar-refractivity contribution < 1.29 is 4.79 Å². The summed E-state index contributed by atoms with van der Waals surface area (Å²) in [5, 5.41) is 5.33. The van der Waals surface area contributed by atoms with Crippen LogP contribution in [0.4, 0.5) is 5.69 Å². The molecule has 0 unspecified atom stereocenters. The van der Waals surface area contributed by atoms with Crippen molar-refractivity contribution in [3.8, 4) is 0 Å². The Kier molecular flexibility index (Phi) is 5.53. The molecule has 0 atom stereocenters. The molecule has 0 bridgehead atoms. The minimum absolute atomic E-state index is 0.0554. The Morgan fingerprint density at radius 3 is 2.41 bits per heavy atom. The highest BCUT2D eigenvalue weighted by molar-refractivity contribution is 6.31. The lowest BCUT2D eigenvalue weighted by Crippen LogP contribution is -2.49. The largest absolute Gasteiger partial charge is 0.368 e. The quantitative estimate of drug-likeness (QED) is 0.661. The maximum Gasteiger partial charge on any atom is 0.257 e. The van der Waals surface area contributed by atoms with Gasteiger partial charge in [0.2, 0.25) is 0 Å². The van der Waals surface area contributed by atoms with Crippen molar-refractivity contribution in [3.05, 3.63) is 76.3 Å². The van der Waals surface area contributed by atoms with E-state index in [2.05, 4.69) is 15.0 Å². The van der Waals surface area contributed by atoms with Crippen molar-refractivity contribution in [3.63, 3.8) is 0 Å². The van der Waals surface area contributed by atoms with Gasteiger partial charge in [-0.2, -0.15) is 5.10 Å². The second-order valence-corrected chi connectivity index (χ2v) is 7.69. The normalized spacial score (nSPS) is 14.3. The summed E-state index contributed by atoms with van der Waals surface area (Å²) in [4.78, 5) is 21.5. The van der Waals surface area contributed by atoms with Gasteiger partial charge in [0.05, 0.1) is 17.8 Å². The summed E-state index contributed by atoms with van der Waals surface area (Å²) in [7, 11) is 0. The van der Waals surface area contributed by atoms with Gasteiger partial charge in [0.25, 0.3) is 5.91 Å². The van der Waals surface area contributed by atoms with E-state index in [1.807, 2.05) is 59.8 Å². The molecule has 150 valence electrons. The molecule has 1 aliphatic heterocycles. The highest BCUT2D eigenvalue weighted by Crippen LogP contribution is 2.22. The first-order valence-corrected chi connectivity index (χ1v) is 10.1. The maximum absolute atomic E-state index is 13.2. The van der Waals surface area contributed by atoms with Crippen LogP contribution >= 0.6 is 11.6 Å². The number of amides is 1. The van der Waals surface area contributed by atoms with Gasteiger partial charge in [-0.15, -0.1) is 0 Å². The summed E-state index contributed by atoms with van der Waals surface area (Å²) in [6, 6.07) is 11.7. The second kappa shape index (κ2) is 8.25. The molecule has 1 fully saturated rings. The summed E-state index contributed by atoms with van der Waals surface area (Å²) in [6.07, 6.45) is 3.60. The van der Waals surface area contributed by atoms with Crippen LogP contribution in [0.5, 0.6) is 0 Å². The van der Waals surface area contributed by atoms with E-state index in [0.717, 1.165) is 35.7 Å². The van der Waals surface area contributed by atoms with Crippen LogP contribution in [0.1, 0.15) is 27.3 Å². The summed E-state index contributed by atoms with van der Waals surface area (Å²) in [5.41, 5.74) is 4.48. The number of anilines is 1. The number of piperazine rings is 1. The standard InChI is InChI=1S/C22H24ClN5O/c1-16-21(17(2)28(25-16)15-18-5-3-4-6-20(18)23)22(29)27-13-11-26(12-14-27)19-7-9-24-10-8-19/h3-10H,11-15H2,1-2H3. The first-order valence-electron chi connectivity index (χ1n) is 9.76. The molecule has 7 heteroatoms. The lowest BCUT2D eigenvalue weighted by molar-refractivity contribution is 0.0745. The third-order valence-corrected chi connectivity index (χ3v) is 5.84. The third kappa shape index (κ3) is 3.98. The fourth-order valence-electron chi connectivity index (χ4n) is 3.83. The molecule has 0 aliphatic carbocycles. The molecule has 29 heavy (non-hydrogen) atoms. The van der Waals surface area contributed by atoms with Gasteiger partial charge >= 0.3 is 0 Å². The van der Waals surface area contributed by atoms with E-state index in [4.69, 9.17) is 11.6 Å². The molecule has 6 nitrogen and oxygen atoms in total. The monoisotopic (exact) mass is 409 g/mol. The highest BCUT2D eigenvalue weighted by atomic mass is 35.5. The average molecular weight is 410 g/mol. The summed E-state index contributed by atoms with van der Waals surface area (Å²) >= 11 is 6.30. The van der Waals surface area contributed by atoms with Crippen LogP contribution in [0.3, 0.4) is 0 Å². The summed E-state index contributed by atoms with van der Waals surface area (Å²) in [6.45, 7) is 7.40. The molecule has 0 radical (unpaired) electrons. The Morgan fingerprint density at radius 2 is 1.72 bits per heavy atom. The van der Waals surface area contributed by atoms with Gasteiger partial charge in [0.15, 0.2) is 0 Å². The molecule has 3 aromatic rings. The van der Waals surface area contributed by atoms with Crippen LogP contribution in [0.15, 0.2) is 48.8 Å². The number of hydrogen-bond acceptors (Lipinski definition) is 4. The van der Waals surface area contributed by atoms with Crippen molar-refractivity contribution in [1.29, 1.82) is 0 Å². The average Bonchev–Trinajstić information content (AvgIpc) is 3.03. The van der Waals surface area contributed by atoms with E-state index in [0.29, 0.717) is 30.2 Å². The third-order valence-electron chi connectivity index (χ3n) is 5.47. The second-order valence-electron chi connectivity index (χ2n) is 7.28. The van der Waals surface area contributed by atoms with Gasteiger partial charge < -0.3 is 9.80 Å². The Morgan fingerprint density at radius 1 is 1.03 bits per heavy atom. The minimum atomic E-state index is 0.0554. The zero-order valence-corrected chi connectivity index (χ0v) is 17.4. The molecule has 0 N–H and O–H groups in total. The smallest absolute Gasteiger partial charge is 0.257 e. The van der Waals surface area contributed by atoms with Crippen LogP contribution in [0.2, 0.25) is 5.02 Å². The fraction of sp³-hybridized carbons (Fsp3) is 0.318. The van der Waals surface area contributed by atoms with Crippen molar-refractivity contribution in [2.45, 2.75) is 20.4 Å². The first kappa shape index (κ1) is 19.5. The number of carbonyl (C=O) groups excluding carboxylic acids is 1. The molecule has 1 saturated heterocycles. The number of benzene rings is 1. The van der Waals surface area contributed by atoms with Crippen molar-refractivity contribution >= 4 is 23.2 Å². The summed E-state index contributed by atoms with van der Waals surface area (Å²) in [5.74, 6) is 0.0554. The van der Waals surface area contributed by atoms with Gasteiger partial charge in [-0.05, 0) is 37.6 Å². The molecular formula is C22H24ClN5O. The van der Waals surface area contributed by atoms with Crippen LogP contribution in [0.25, 0.3) is 0 Å². The zero-order chi connectivity index (χ0) is 20.4. The van der Waals surface area contributed by atoms with Crippen LogP contribution in [0, 0.1) is 13.8 Å². The molecule has 2 aromatic heterocycles. The Labute approximate surface area is 175 Å². The number of rotatable bonds is 4. The molecule has 1 aliphatic rings. The molecule has 4 rings (SSSR count).